The number of benzene rings is 2. The van der Waals surface area contributed by atoms with E-state index in [9.17, 15) is 9.90 Å². The molecule has 1 amide bonds. The fraction of sp³-hybridized carbons (Fsp3) is 0.278. The van der Waals surface area contributed by atoms with Crippen LogP contribution in [-0.4, -0.2) is 25.2 Å². The van der Waals surface area contributed by atoms with Crippen LogP contribution in [0, 0.1) is 6.92 Å². The highest BCUT2D eigenvalue weighted by atomic mass is 16.5. The third kappa shape index (κ3) is 3.81. The van der Waals surface area contributed by atoms with Gasteiger partial charge in [0.25, 0.3) is 0 Å². The van der Waals surface area contributed by atoms with E-state index in [1.807, 2.05) is 31.2 Å². The molecule has 0 radical (unpaired) electrons. The molecule has 122 valence electrons. The number of methoxy groups -OCH3 is 2. The molecular weight excluding hydrogens is 294 g/mol. The van der Waals surface area contributed by atoms with Gasteiger partial charge in [-0.15, -0.1) is 0 Å². The first-order valence-corrected chi connectivity index (χ1v) is 7.24. The molecule has 2 aromatic rings. The summed E-state index contributed by atoms with van der Waals surface area (Å²) in [6.45, 7) is 3.37. The summed E-state index contributed by atoms with van der Waals surface area (Å²) in [7, 11) is 3.05. The highest BCUT2D eigenvalue weighted by molar-refractivity contribution is 5.90. The minimum atomic E-state index is -0.892. The Hall–Kier alpha value is -2.53. The second-order valence-electron chi connectivity index (χ2n) is 5.29. The Balaban J connectivity index is 2.55. The first kappa shape index (κ1) is 16.8. The van der Waals surface area contributed by atoms with Crippen molar-refractivity contribution in [3.8, 4) is 11.5 Å². The van der Waals surface area contributed by atoms with Crippen molar-refractivity contribution in [1.29, 1.82) is 0 Å². The van der Waals surface area contributed by atoms with Gasteiger partial charge in [0.05, 0.1) is 19.9 Å². The molecule has 0 bridgehead atoms. The molecule has 1 atom stereocenters. The number of carbonyl (C=O) groups is 1. The third-order valence-corrected chi connectivity index (χ3v) is 3.52. The number of hydrogen-bond donors (Lipinski definition) is 2. The maximum Gasteiger partial charge on any atom is 0.221 e. The molecule has 0 saturated heterocycles. The van der Waals surface area contributed by atoms with E-state index in [1.54, 1.807) is 12.1 Å². The maximum atomic E-state index is 11.5. The van der Waals surface area contributed by atoms with Crippen molar-refractivity contribution in [2.75, 3.05) is 19.5 Å². The number of ether oxygens (including phenoxy) is 2. The molecule has 0 heterocycles. The van der Waals surface area contributed by atoms with Crippen LogP contribution in [0.15, 0.2) is 36.4 Å². The van der Waals surface area contributed by atoms with Gasteiger partial charge in [-0.25, -0.2) is 0 Å². The van der Waals surface area contributed by atoms with Crippen LogP contribution in [0.25, 0.3) is 0 Å². The Morgan fingerprint density at radius 2 is 1.78 bits per heavy atom. The second-order valence-corrected chi connectivity index (χ2v) is 5.29. The van der Waals surface area contributed by atoms with Crippen LogP contribution in [0.1, 0.15) is 29.7 Å². The van der Waals surface area contributed by atoms with Crippen LogP contribution in [0.3, 0.4) is 0 Å². The fourth-order valence-electron chi connectivity index (χ4n) is 2.44. The van der Waals surface area contributed by atoms with E-state index < -0.39 is 6.10 Å². The lowest BCUT2D eigenvalue weighted by atomic mass is 9.98. The molecule has 2 aromatic carbocycles. The van der Waals surface area contributed by atoms with Gasteiger partial charge in [0, 0.05) is 18.6 Å². The van der Waals surface area contributed by atoms with Gasteiger partial charge in [-0.1, -0.05) is 29.8 Å². The van der Waals surface area contributed by atoms with E-state index >= 15 is 0 Å². The summed E-state index contributed by atoms with van der Waals surface area (Å²) in [6.07, 6.45) is -0.892. The monoisotopic (exact) mass is 315 g/mol. The van der Waals surface area contributed by atoms with E-state index in [-0.39, 0.29) is 5.91 Å². The van der Waals surface area contributed by atoms with Crippen molar-refractivity contribution in [3.63, 3.8) is 0 Å². The summed E-state index contributed by atoms with van der Waals surface area (Å²) < 4.78 is 10.6. The van der Waals surface area contributed by atoms with Gasteiger partial charge in [-0.2, -0.15) is 0 Å². The summed E-state index contributed by atoms with van der Waals surface area (Å²) in [5.41, 5.74) is 2.82. The van der Waals surface area contributed by atoms with Crippen molar-refractivity contribution >= 4 is 11.6 Å². The number of amides is 1. The Morgan fingerprint density at radius 3 is 2.35 bits per heavy atom. The molecule has 0 saturated carbocycles. The summed E-state index contributed by atoms with van der Waals surface area (Å²) in [6, 6.07) is 10.9. The number of hydrogen-bond acceptors (Lipinski definition) is 4. The molecule has 2 N–H and O–H groups in total. The highest BCUT2D eigenvalue weighted by Crippen LogP contribution is 2.38. The zero-order valence-electron chi connectivity index (χ0n) is 13.7. The quantitative estimate of drug-likeness (QED) is 0.890. The Labute approximate surface area is 135 Å². The number of aliphatic hydroxyl groups is 1. The number of nitrogens with one attached hydrogen (secondary N) is 1. The van der Waals surface area contributed by atoms with Gasteiger partial charge >= 0.3 is 0 Å². The Kier molecular flexibility index (Phi) is 5.24. The van der Waals surface area contributed by atoms with E-state index in [0.717, 1.165) is 11.1 Å². The van der Waals surface area contributed by atoms with Gasteiger partial charge in [0.1, 0.15) is 6.10 Å². The molecule has 1 unspecified atom stereocenters. The first-order chi connectivity index (χ1) is 11.0. The van der Waals surface area contributed by atoms with Crippen molar-refractivity contribution in [3.05, 3.63) is 53.1 Å². The van der Waals surface area contributed by atoms with Crippen LogP contribution in [-0.2, 0) is 4.79 Å². The first-order valence-electron chi connectivity index (χ1n) is 7.24. The van der Waals surface area contributed by atoms with Gasteiger partial charge < -0.3 is 19.9 Å². The number of aliphatic hydroxyl groups excluding tert-OH is 1. The minimum Gasteiger partial charge on any atom is -0.493 e. The molecule has 0 aromatic heterocycles. The summed E-state index contributed by atoms with van der Waals surface area (Å²) in [5, 5.41) is 13.5. The molecule has 0 spiro atoms. The topological polar surface area (TPSA) is 67.8 Å². The minimum absolute atomic E-state index is 0.227. The van der Waals surface area contributed by atoms with E-state index in [1.165, 1.54) is 21.1 Å². The van der Waals surface area contributed by atoms with Crippen LogP contribution >= 0.6 is 0 Å². The summed E-state index contributed by atoms with van der Waals surface area (Å²) >= 11 is 0. The smallest absolute Gasteiger partial charge is 0.221 e. The Morgan fingerprint density at radius 1 is 1.13 bits per heavy atom. The van der Waals surface area contributed by atoms with Crippen LogP contribution in [0.2, 0.25) is 0 Å². The molecule has 0 aliphatic carbocycles. The number of anilines is 1. The lowest BCUT2D eigenvalue weighted by Gasteiger charge is -2.19. The van der Waals surface area contributed by atoms with E-state index in [0.29, 0.717) is 22.7 Å². The number of carbonyl (C=O) groups excluding carboxylic acids is 1. The largest absolute Gasteiger partial charge is 0.493 e. The van der Waals surface area contributed by atoms with Crippen molar-refractivity contribution < 1.29 is 19.4 Å². The molecule has 5 nitrogen and oxygen atoms in total. The fourth-order valence-corrected chi connectivity index (χ4v) is 2.44. The molecular formula is C18H21NO4. The van der Waals surface area contributed by atoms with Gasteiger partial charge in [0.2, 0.25) is 5.91 Å². The van der Waals surface area contributed by atoms with Crippen molar-refractivity contribution in [1.82, 2.24) is 0 Å². The normalized spacial score (nSPS) is 11.7. The molecule has 23 heavy (non-hydrogen) atoms. The zero-order valence-corrected chi connectivity index (χ0v) is 13.7. The number of rotatable bonds is 5. The molecule has 0 aliphatic heterocycles. The van der Waals surface area contributed by atoms with Crippen LogP contribution < -0.4 is 14.8 Å². The van der Waals surface area contributed by atoms with Gasteiger partial charge in [-0.05, 0) is 18.6 Å². The van der Waals surface area contributed by atoms with E-state index in [2.05, 4.69) is 5.32 Å². The average Bonchev–Trinajstić information content (AvgIpc) is 2.53. The average molecular weight is 315 g/mol. The van der Waals surface area contributed by atoms with Gasteiger partial charge in [0.15, 0.2) is 11.5 Å². The molecule has 0 aliphatic rings. The second kappa shape index (κ2) is 7.15. The SMILES string of the molecule is COc1cc(NC(C)=O)c(C(O)c2cccc(C)c2)cc1OC. The summed E-state index contributed by atoms with van der Waals surface area (Å²) in [4.78, 5) is 11.5. The molecule has 5 heteroatoms. The van der Waals surface area contributed by atoms with E-state index in [4.69, 9.17) is 9.47 Å². The van der Waals surface area contributed by atoms with Crippen LogP contribution in [0.5, 0.6) is 11.5 Å². The molecule has 0 fully saturated rings. The lowest BCUT2D eigenvalue weighted by Crippen LogP contribution is -2.11. The summed E-state index contributed by atoms with van der Waals surface area (Å²) in [5.74, 6) is 0.745. The maximum absolute atomic E-state index is 11.5. The van der Waals surface area contributed by atoms with Gasteiger partial charge in [-0.3, -0.25) is 4.79 Å². The van der Waals surface area contributed by atoms with Crippen LogP contribution in [0.4, 0.5) is 5.69 Å². The Bertz CT molecular complexity index is 712. The standard InChI is InChI=1S/C18H21NO4/c1-11-6-5-7-13(8-11)18(21)14-9-16(22-3)17(23-4)10-15(14)19-12(2)20/h5-10,18,21H,1-4H3,(H,19,20). The third-order valence-electron chi connectivity index (χ3n) is 3.52. The molecule has 2 rings (SSSR count). The van der Waals surface area contributed by atoms with Crippen molar-refractivity contribution in [2.45, 2.75) is 20.0 Å². The highest BCUT2D eigenvalue weighted by Gasteiger charge is 2.19. The lowest BCUT2D eigenvalue weighted by molar-refractivity contribution is -0.114. The number of aryl methyl sites for hydroxylation is 1. The predicted octanol–water partition coefficient (Wildman–Crippen LogP) is 3.05. The van der Waals surface area contributed by atoms with Crippen molar-refractivity contribution in [2.24, 2.45) is 0 Å². The predicted molar refractivity (Wildman–Crippen MR) is 89.1 cm³/mol. The zero-order chi connectivity index (χ0) is 17.0.